The second kappa shape index (κ2) is 13.2. The first-order valence-electron chi connectivity index (χ1n) is 15.9. The van der Waals surface area contributed by atoms with E-state index in [-0.39, 0.29) is 17.2 Å². The number of aliphatic hydroxyl groups is 2. The summed E-state index contributed by atoms with van der Waals surface area (Å²) < 4.78 is 0. The van der Waals surface area contributed by atoms with Gasteiger partial charge >= 0.3 is 0 Å². The lowest BCUT2D eigenvalue weighted by molar-refractivity contribution is -0.384. The summed E-state index contributed by atoms with van der Waals surface area (Å²) in [5, 5.41) is 40.8. The molecule has 240 valence electrons. The molecule has 0 bridgehead atoms. The lowest BCUT2D eigenvalue weighted by atomic mass is 9.98. The van der Waals surface area contributed by atoms with Crippen LogP contribution in [0.4, 0.5) is 11.4 Å². The normalized spacial score (nSPS) is 11.6. The number of hydrogen-bond acceptors (Lipinski definition) is 5. The van der Waals surface area contributed by atoms with Crippen LogP contribution in [0.1, 0.15) is 22.3 Å². The monoisotopic (exact) mass is 650 g/mol. The van der Waals surface area contributed by atoms with E-state index >= 15 is 0 Å². The van der Waals surface area contributed by atoms with Gasteiger partial charge in [0, 0.05) is 66.3 Å². The first kappa shape index (κ1) is 31.6. The highest BCUT2D eigenvalue weighted by Crippen LogP contribution is 2.30. The first-order valence-corrected chi connectivity index (χ1v) is 15.9. The number of nitrogens with zero attached hydrogens (tertiary/aromatic N) is 2. The van der Waals surface area contributed by atoms with Crippen LogP contribution in [0.25, 0.3) is 54.6 Å². The molecule has 0 amide bonds. The fourth-order valence-corrected chi connectivity index (χ4v) is 6.02. The molecule has 7 aromatic carbocycles. The Morgan fingerprint density at radius 3 is 1.54 bits per heavy atom. The molecule has 2 N–H and O–H groups in total. The Labute approximate surface area is 289 Å². The summed E-state index contributed by atoms with van der Waals surface area (Å²) in [5.74, 6) is 12.1. The number of rotatable bonds is 4. The molecule has 0 heterocycles. The Hall–Kier alpha value is -7.02. The summed E-state index contributed by atoms with van der Waals surface area (Å²) in [5.41, 5.74) is 3.89. The molecule has 0 radical (unpaired) electrons. The van der Waals surface area contributed by atoms with E-state index < -0.39 is 4.92 Å². The van der Waals surface area contributed by atoms with Crippen molar-refractivity contribution in [1.82, 2.24) is 0 Å². The minimum absolute atomic E-state index is 0.0451. The van der Waals surface area contributed by atoms with Crippen LogP contribution in [-0.2, 0) is 0 Å². The number of benzene rings is 7. The molecule has 0 unspecified atom stereocenters. The fourth-order valence-electron chi connectivity index (χ4n) is 6.02. The van der Waals surface area contributed by atoms with Crippen molar-refractivity contribution in [3.8, 4) is 23.7 Å². The second-order valence-electron chi connectivity index (χ2n) is 12.1. The van der Waals surface area contributed by atoms with Gasteiger partial charge in [0.15, 0.2) is 0 Å². The highest BCUT2D eigenvalue weighted by Gasteiger charge is 2.08. The molecule has 6 heteroatoms. The van der Waals surface area contributed by atoms with E-state index in [1.807, 2.05) is 68.7 Å². The zero-order chi connectivity index (χ0) is 34.8. The van der Waals surface area contributed by atoms with Crippen LogP contribution in [0.3, 0.4) is 0 Å². The van der Waals surface area contributed by atoms with Crippen molar-refractivity contribution in [1.29, 1.82) is 0 Å². The van der Waals surface area contributed by atoms with Gasteiger partial charge in [-0.15, -0.1) is 0 Å². The van der Waals surface area contributed by atoms with Crippen molar-refractivity contribution in [2.45, 2.75) is 0 Å². The Bertz CT molecular complexity index is 2680. The number of nitro benzene ring substituents is 1. The Morgan fingerprint density at radius 1 is 0.580 bits per heavy atom. The van der Waals surface area contributed by atoms with Crippen LogP contribution in [0.15, 0.2) is 133 Å². The van der Waals surface area contributed by atoms with Gasteiger partial charge < -0.3 is 15.1 Å². The lowest BCUT2D eigenvalue weighted by Crippen LogP contribution is -2.07. The van der Waals surface area contributed by atoms with Gasteiger partial charge in [0.05, 0.1) is 4.92 Å². The quantitative estimate of drug-likeness (QED) is 0.0651. The molecular weight excluding hydrogens is 620 g/mol. The molecule has 0 aliphatic rings. The van der Waals surface area contributed by atoms with E-state index in [0.717, 1.165) is 38.1 Å². The van der Waals surface area contributed by atoms with Crippen molar-refractivity contribution >= 4 is 66.0 Å². The zero-order valence-electron chi connectivity index (χ0n) is 27.3. The molecular formula is C44H30N2O4. The van der Waals surface area contributed by atoms with Crippen LogP contribution in [-0.4, -0.2) is 29.2 Å². The lowest BCUT2D eigenvalue weighted by Gasteiger charge is -2.13. The minimum atomic E-state index is -0.487. The predicted molar refractivity (Wildman–Crippen MR) is 205 cm³/mol. The Balaban J connectivity index is 1.08. The third-order valence-electron chi connectivity index (χ3n) is 8.69. The summed E-state index contributed by atoms with van der Waals surface area (Å²) in [6, 6.07) is 38.4. The third kappa shape index (κ3) is 6.42. The van der Waals surface area contributed by atoms with Crippen LogP contribution < -0.4 is 4.90 Å². The smallest absolute Gasteiger partial charge is 0.269 e. The topological polar surface area (TPSA) is 86.8 Å². The highest BCUT2D eigenvalue weighted by molar-refractivity contribution is 6.09. The SMILES string of the molecule is CN(C)c1ccc2c(ccc3cc(C#C/C=C(\O)c4ccc5c(ccc6cc(C#C/C=C(\O)c7ccc([N+](=O)[O-])cc7)ccc65)c4)ccc32)c1. The van der Waals surface area contributed by atoms with Crippen LogP contribution >= 0.6 is 0 Å². The number of allylic oxidation sites excluding steroid dienone is 2. The van der Waals surface area contributed by atoms with Crippen LogP contribution in [0.2, 0.25) is 0 Å². The van der Waals surface area contributed by atoms with Gasteiger partial charge in [0.2, 0.25) is 0 Å². The average Bonchev–Trinajstić information content (AvgIpc) is 3.13. The minimum Gasteiger partial charge on any atom is -0.507 e. The molecule has 0 aromatic heterocycles. The molecule has 0 spiro atoms. The number of anilines is 1. The van der Waals surface area contributed by atoms with Crippen molar-refractivity contribution in [3.63, 3.8) is 0 Å². The second-order valence-corrected chi connectivity index (χ2v) is 12.1. The number of aliphatic hydroxyl groups excluding tert-OH is 2. The molecule has 0 saturated carbocycles. The van der Waals surface area contributed by atoms with E-state index in [2.05, 4.69) is 71.0 Å². The average molecular weight is 651 g/mol. The van der Waals surface area contributed by atoms with Crippen molar-refractivity contribution in [2.75, 3.05) is 19.0 Å². The summed E-state index contributed by atoms with van der Waals surface area (Å²) in [4.78, 5) is 12.5. The number of non-ortho nitro benzene ring substituents is 1. The van der Waals surface area contributed by atoms with Gasteiger partial charge in [-0.05, 0) is 97.7 Å². The van der Waals surface area contributed by atoms with Crippen molar-refractivity contribution in [2.24, 2.45) is 0 Å². The van der Waals surface area contributed by atoms with Gasteiger partial charge in [-0.2, -0.15) is 0 Å². The Kier molecular flexibility index (Phi) is 8.36. The first-order chi connectivity index (χ1) is 24.2. The van der Waals surface area contributed by atoms with Crippen LogP contribution in [0.5, 0.6) is 0 Å². The largest absolute Gasteiger partial charge is 0.507 e. The maximum Gasteiger partial charge on any atom is 0.269 e. The summed E-state index contributed by atoms with van der Waals surface area (Å²) in [6.07, 6.45) is 2.91. The molecule has 0 aliphatic carbocycles. The molecule has 7 aromatic rings. The standard InChI is InChI=1S/C44H30N2O4/c1-45(2)38-20-24-42-35(28-38)14-12-33-26-30(10-22-40(33)42)6-4-8-44(48)36-17-23-41-34(27-36)13-11-32-25-29(9-21-39(32)41)5-3-7-43(47)31-15-18-37(19-16-31)46(49)50/h7-28,47-48H,1-2H3/b43-7-,44-8-. The summed E-state index contributed by atoms with van der Waals surface area (Å²) in [6.45, 7) is 0. The van der Waals surface area contributed by atoms with E-state index in [1.54, 1.807) is 0 Å². The Morgan fingerprint density at radius 2 is 1.02 bits per heavy atom. The van der Waals surface area contributed by atoms with Gasteiger partial charge in [-0.1, -0.05) is 78.3 Å². The fraction of sp³-hybridized carbons (Fsp3) is 0.0455. The van der Waals surface area contributed by atoms with Gasteiger partial charge in [-0.3, -0.25) is 10.1 Å². The molecule has 0 saturated heterocycles. The van der Waals surface area contributed by atoms with Gasteiger partial charge in [0.25, 0.3) is 5.69 Å². The van der Waals surface area contributed by atoms with Gasteiger partial charge in [0.1, 0.15) is 11.5 Å². The summed E-state index contributed by atoms with van der Waals surface area (Å²) >= 11 is 0. The van der Waals surface area contributed by atoms with Crippen molar-refractivity contribution in [3.05, 3.63) is 166 Å². The number of hydrogen-bond donors (Lipinski definition) is 2. The van der Waals surface area contributed by atoms with E-state index in [9.17, 15) is 20.3 Å². The maximum absolute atomic E-state index is 10.9. The highest BCUT2D eigenvalue weighted by atomic mass is 16.6. The van der Waals surface area contributed by atoms with E-state index in [4.69, 9.17) is 0 Å². The summed E-state index contributed by atoms with van der Waals surface area (Å²) in [7, 11) is 4.08. The number of nitro groups is 1. The molecule has 0 aliphatic heterocycles. The molecule has 7 rings (SSSR count). The van der Waals surface area contributed by atoms with Gasteiger partial charge in [-0.25, -0.2) is 0 Å². The molecule has 6 nitrogen and oxygen atoms in total. The van der Waals surface area contributed by atoms with Crippen molar-refractivity contribution < 1.29 is 15.1 Å². The maximum atomic E-state index is 10.9. The molecule has 0 atom stereocenters. The van der Waals surface area contributed by atoms with E-state index in [1.165, 1.54) is 58.3 Å². The van der Waals surface area contributed by atoms with Crippen LogP contribution in [0, 0.1) is 33.8 Å². The van der Waals surface area contributed by atoms with E-state index in [0.29, 0.717) is 11.1 Å². The molecule has 0 fully saturated rings. The number of fused-ring (bicyclic) bond motifs is 6. The predicted octanol–water partition coefficient (Wildman–Crippen LogP) is 10.2. The molecule has 50 heavy (non-hydrogen) atoms. The third-order valence-corrected chi connectivity index (χ3v) is 8.69. The zero-order valence-corrected chi connectivity index (χ0v) is 27.3.